The van der Waals surface area contributed by atoms with Gasteiger partial charge in [0, 0.05) is 17.7 Å². The molecule has 0 saturated heterocycles. The highest BCUT2D eigenvalue weighted by molar-refractivity contribution is 5.73. The molecule has 0 fully saturated rings. The summed E-state index contributed by atoms with van der Waals surface area (Å²) in [6.07, 6.45) is 3.40. The number of benzene rings is 2. The van der Waals surface area contributed by atoms with Crippen molar-refractivity contribution in [3.8, 4) is 22.4 Å². The lowest BCUT2D eigenvalue weighted by Gasteiger charge is -2.04. The molecule has 23 heavy (non-hydrogen) atoms. The van der Waals surface area contributed by atoms with Crippen molar-refractivity contribution in [3.63, 3.8) is 0 Å². The smallest absolute Gasteiger partial charge is 0.194 e. The summed E-state index contributed by atoms with van der Waals surface area (Å²) >= 11 is 0. The van der Waals surface area contributed by atoms with Gasteiger partial charge in [0.25, 0.3) is 0 Å². The maximum atomic E-state index is 2.32. The quantitative estimate of drug-likeness (QED) is 0.415. The Morgan fingerprint density at radius 3 is 2.30 bits per heavy atom. The molecule has 0 atom stereocenters. The fourth-order valence-electron chi connectivity index (χ4n) is 2.92. The van der Waals surface area contributed by atoms with E-state index in [1.54, 1.807) is 0 Å². The molecule has 1 heteroatoms. The normalized spacial score (nSPS) is 11.3. The van der Waals surface area contributed by atoms with Crippen LogP contribution in [0.25, 0.3) is 22.4 Å². The monoisotopic (exact) mass is 302 g/mol. The van der Waals surface area contributed by atoms with E-state index in [-0.39, 0.29) is 0 Å². The minimum atomic E-state index is 0.986. The minimum Gasteiger partial charge on any atom is -0.194 e. The van der Waals surface area contributed by atoms with Gasteiger partial charge in [0.15, 0.2) is 12.7 Å². The molecule has 1 nitrogen and oxygen atoms in total. The molecule has 0 spiro atoms. The molecule has 1 aliphatic heterocycles. The predicted octanol–water partition coefficient (Wildman–Crippen LogP) is 5.39. The molecule has 0 aliphatic carbocycles. The van der Waals surface area contributed by atoms with E-state index in [0.29, 0.717) is 0 Å². The summed E-state index contributed by atoms with van der Waals surface area (Å²) in [7, 11) is 0. The van der Waals surface area contributed by atoms with Crippen LogP contribution in [0.5, 0.6) is 0 Å². The van der Waals surface area contributed by atoms with Gasteiger partial charge in [-0.3, -0.25) is 0 Å². The molecule has 0 saturated carbocycles. The third kappa shape index (κ3) is 3.19. The highest BCUT2D eigenvalue weighted by Crippen LogP contribution is 2.31. The molecular weight excluding hydrogens is 278 g/mol. The Kier molecular flexibility index (Phi) is 4.57. The van der Waals surface area contributed by atoms with E-state index in [2.05, 4.69) is 92.2 Å². The minimum absolute atomic E-state index is 0.986. The lowest BCUT2D eigenvalue weighted by Crippen LogP contribution is -2.31. The van der Waals surface area contributed by atoms with Crippen LogP contribution in [-0.4, -0.2) is 0 Å². The van der Waals surface area contributed by atoms with Crippen LogP contribution in [0, 0.1) is 6.92 Å². The number of fused-ring (bicyclic) bond motifs is 3. The molecule has 1 aliphatic rings. The number of hydrogen-bond donors (Lipinski definition) is 0. The zero-order valence-corrected chi connectivity index (χ0v) is 14.2. The van der Waals surface area contributed by atoms with Crippen molar-refractivity contribution >= 4 is 0 Å². The topological polar surface area (TPSA) is 3.88 Å². The molecule has 2 aromatic carbocycles. The van der Waals surface area contributed by atoms with Crippen LogP contribution in [-0.2, 0) is 6.54 Å². The first-order valence-corrected chi connectivity index (χ1v) is 8.41. The first-order valence-electron chi connectivity index (χ1n) is 8.41. The number of aromatic nitrogens is 1. The van der Waals surface area contributed by atoms with E-state index in [0.717, 1.165) is 6.54 Å². The second-order valence-electron chi connectivity index (χ2n) is 6.16. The summed E-state index contributed by atoms with van der Waals surface area (Å²) in [5.41, 5.74) is 7.97. The predicted molar refractivity (Wildman–Crippen MR) is 97.3 cm³/mol. The summed E-state index contributed by atoms with van der Waals surface area (Å²) in [4.78, 5) is 0. The SMILES string of the molecule is CCC.Cc1ccc(-c2ccc3c(c2)-c2cccc[n+]2C3)cc1. The zero-order valence-electron chi connectivity index (χ0n) is 14.2. The highest BCUT2D eigenvalue weighted by atomic mass is 15.0. The molecule has 0 unspecified atom stereocenters. The van der Waals surface area contributed by atoms with Crippen LogP contribution in [0.15, 0.2) is 66.9 Å². The van der Waals surface area contributed by atoms with Crippen LogP contribution in [0.2, 0.25) is 0 Å². The van der Waals surface area contributed by atoms with E-state index in [9.17, 15) is 0 Å². The molecule has 4 rings (SSSR count). The van der Waals surface area contributed by atoms with Crippen molar-refractivity contribution in [2.45, 2.75) is 33.7 Å². The maximum Gasteiger partial charge on any atom is 0.213 e. The summed E-state index contributed by atoms with van der Waals surface area (Å²) in [5.74, 6) is 0. The van der Waals surface area contributed by atoms with Gasteiger partial charge in [-0.25, -0.2) is 0 Å². The van der Waals surface area contributed by atoms with Crippen molar-refractivity contribution in [1.82, 2.24) is 0 Å². The fraction of sp³-hybridized carbons (Fsp3) is 0.227. The van der Waals surface area contributed by atoms with Crippen molar-refractivity contribution in [3.05, 3.63) is 78.0 Å². The Morgan fingerprint density at radius 1 is 0.870 bits per heavy atom. The summed E-state index contributed by atoms with van der Waals surface area (Å²) in [6.45, 7) is 7.36. The van der Waals surface area contributed by atoms with Crippen molar-refractivity contribution in [2.24, 2.45) is 0 Å². The van der Waals surface area contributed by atoms with E-state index < -0.39 is 0 Å². The summed E-state index contributed by atoms with van der Waals surface area (Å²) in [5, 5.41) is 0. The van der Waals surface area contributed by atoms with Crippen LogP contribution in [0.3, 0.4) is 0 Å². The number of pyridine rings is 1. The fourth-order valence-corrected chi connectivity index (χ4v) is 2.92. The third-order valence-corrected chi connectivity index (χ3v) is 4.05. The molecule has 0 bridgehead atoms. The lowest BCUT2D eigenvalue weighted by molar-refractivity contribution is -0.672. The Bertz CT molecular complexity index is 800. The van der Waals surface area contributed by atoms with Crippen LogP contribution in [0.4, 0.5) is 0 Å². The van der Waals surface area contributed by atoms with Gasteiger partial charge in [-0.05, 0) is 30.2 Å². The van der Waals surface area contributed by atoms with Crippen molar-refractivity contribution in [2.75, 3.05) is 0 Å². The van der Waals surface area contributed by atoms with Gasteiger partial charge in [0.05, 0.1) is 5.56 Å². The van der Waals surface area contributed by atoms with Gasteiger partial charge in [-0.15, -0.1) is 0 Å². The van der Waals surface area contributed by atoms with Crippen LogP contribution in [0.1, 0.15) is 31.4 Å². The first kappa shape index (κ1) is 15.5. The Labute approximate surface area is 139 Å². The Hall–Kier alpha value is -2.41. The van der Waals surface area contributed by atoms with E-state index in [1.165, 1.54) is 39.9 Å². The van der Waals surface area contributed by atoms with Gasteiger partial charge in [-0.1, -0.05) is 62.2 Å². The molecule has 0 N–H and O–H groups in total. The number of aryl methyl sites for hydroxylation is 1. The highest BCUT2D eigenvalue weighted by Gasteiger charge is 2.25. The second kappa shape index (κ2) is 6.78. The molecule has 116 valence electrons. The molecule has 0 amide bonds. The van der Waals surface area contributed by atoms with E-state index in [1.807, 2.05) is 0 Å². The number of rotatable bonds is 1. The standard InChI is InChI=1S/C19H16N.C3H8/c1-14-5-7-15(8-6-14)16-9-10-17-13-20-11-3-2-4-19(20)18(17)12-16;1-3-2/h2-12H,13H2,1H3;3H2,1-2H3/q+1;. The Balaban J connectivity index is 0.000000485. The maximum absolute atomic E-state index is 2.32. The van der Waals surface area contributed by atoms with Gasteiger partial charge >= 0.3 is 0 Å². The third-order valence-electron chi connectivity index (χ3n) is 4.05. The Morgan fingerprint density at radius 2 is 1.57 bits per heavy atom. The van der Waals surface area contributed by atoms with Crippen molar-refractivity contribution in [1.29, 1.82) is 0 Å². The lowest BCUT2D eigenvalue weighted by atomic mass is 9.98. The molecular formula is C22H24N+. The molecule has 2 heterocycles. The van der Waals surface area contributed by atoms with Crippen LogP contribution < -0.4 is 4.57 Å². The second-order valence-corrected chi connectivity index (χ2v) is 6.16. The summed E-state index contributed by atoms with van der Waals surface area (Å²) < 4.78 is 2.31. The number of nitrogens with zero attached hydrogens (tertiary/aromatic N) is 1. The largest absolute Gasteiger partial charge is 0.213 e. The van der Waals surface area contributed by atoms with Crippen LogP contribution >= 0.6 is 0 Å². The molecule has 0 radical (unpaired) electrons. The average molecular weight is 302 g/mol. The van der Waals surface area contributed by atoms with E-state index >= 15 is 0 Å². The van der Waals surface area contributed by atoms with Gasteiger partial charge in [0.1, 0.15) is 0 Å². The van der Waals surface area contributed by atoms with Gasteiger partial charge in [0.2, 0.25) is 5.69 Å². The summed E-state index contributed by atoms with van der Waals surface area (Å²) in [6, 6.07) is 22.0. The van der Waals surface area contributed by atoms with Crippen molar-refractivity contribution < 1.29 is 4.57 Å². The molecule has 1 aromatic heterocycles. The van der Waals surface area contributed by atoms with Gasteiger partial charge in [-0.2, -0.15) is 4.57 Å². The van der Waals surface area contributed by atoms with Gasteiger partial charge < -0.3 is 0 Å². The number of hydrogen-bond acceptors (Lipinski definition) is 0. The average Bonchev–Trinajstić information content (AvgIpc) is 2.94. The first-order chi connectivity index (χ1) is 11.2. The van der Waals surface area contributed by atoms with E-state index in [4.69, 9.17) is 0 Å². The molecule has 3 aromatic rings. The zero-order chi connectivity index (χ0) is 16.2.